The van der Waals surface area contributed by atoms with E-state index in [1.807, 2.05) is 48.0 Å². The predicted molar refractivity (Wildman–Crippen MR) is 186 cm³/mol. The SMILES string of the molecule is CC(CCOCC(C)Oc1cccc(-c2nn(C3CCCCO3)c3ccc(O[Si](C)(C)C(C)(C)C)cc23)n1)OCc1ccccc1. The minimum absolute atomic E-state index is 0.0902. The molecule has 2 aromatic carbocycles. The molecule has 0 saturated carbocycles. The van der Waals surface area contributed by atoms with Gasteiger partial charge in [-0.2, -0.15) is 5.10 Å². The second-order valence-corrected chi connectivity index (χ2v) is 18.6. The second kappa shape index (κ2) is 15.1. The summed E-state index contributed by atoms with van der Waals surface area (Å²) >= 11 is 0. The minimum Gasteiger partial charge on any atom is -0.543 e. The highest BCUT2D eigenvalue weighted by Gasteiger charge is 2.39. The minimum atomic E-state index is -2.03. The maximum Gasteiger partial charge on any atom is 0.250 e. The second-order valence-electron chi connectivity index (χ2n) is 13.9. The molecule has 9 heteroatoms. The Morgan fingerprint density at radius 1 is 0.978 bits per heavy atom. The predicted octanol–water partition coefficient (Wildman–Crippen LogP) is 8.96. The Labute approximate surface area is 275 Å². The topological polar surface area (TPSA) is 76.9 Å². The van der Waals surface area contributed by atoms with Crippen LogP contribution in [0.4, 0.5) is 0 Å². The average Bonchev–Trinajstić information content (AvgIpc) is 3.41. The van der Waals surface area contributed by atoms with Crippen molar-refractivity contribution in [1.29, 1.82) is 0 Å². The molecule has 0 spiro atoms. The number of nitrogens with zero attached hydrogens (tertiary/aromatic N) is 3. The number of hydrogen-bond donors (Lipinski definition) is 0. The van der Waals surface area contributed by atoms with Crippen molar-refractivity contribution >= 4 is 19.2 Å². The van der Waals surface area contributed by atoms with Crippen molar-refractivity contribution in [3.05, 3.63) is 72.3 Å². The third-order valence-electron chi connectivity index (χ3n) is 8.97. The summed E-state index contributed by atoms with van der Waals surface area (Å²) in [5, 5.41) is 6.18. The van der Waals surface area contributed by atoms with Crippen LogP contribution in [0.2, 0.25) is 18.1 Å². The summed E-state index contributed by atoms with van der Waals surface area (Å²) in [7, 11) is -2.03. The molecule has 0 radical (unpaired) electrons. The van der Waals surface area contributed by atoms with E-state index in [2.05, 4.69) is 71.1 Å². The Hall–Kier alpha value is -3.24. The number of benzene rings is 2. The molecule has 46 heavy (non-hydrogen) atoms. The monoisotopic (exact) mass is 645 g/mol. The van der Waals surface area contributed by atoms with Crippen LogP contribution in [0, 0.1) is 0 Å². The van der Waals surface area contributed by atoms with Crippen molar-refractivity contribution in [1.82, 2.24) is 14.8 Å². The number of rotatable bonds is 14. The zero-order valence-electron chi connectivity index (χ0n) is 28.6. The van der Waals surface area contributed by atoms with E-state index in [9.17, 15) is 0 Å². The van der Waals surface area contributed by atoms with E-state index in [-0.39, 0.29) is 23.5 Å². The van der Waals surface area contributed by atoms with E-state index in [1.165, 1.54) is 5.56 Å². The van der Waals surface area contributed by atoms with Crippen molar-refractivity contribution in [2.45, 2.75) is 103 Å². The molecule has 1 saturated heterocycles. The summed E-state index contributed by atoms with van der Waals surface area (Å²) in [6.07, 6.45) is 3.79. The summed E-state index contributed by atoms with van der Waals surface area (Å²) in [4.78, 5) is 4.90. The van der Waals surface area contributed by atoms with E-state index >= 15 is 0 Å². The van der Waals surface area contributed by atoms with Gasteiger partial charge in [-0.15, -0.1) is 0 Å². The van der Waals surface area contributed by atoms with Crippen LogP contribution < -0.4 is 9.16 Å². The number of fused-ring (bicyclic) bond motifs is 1. The van der Waals surface area contributed by atoms with Gasteiger partial charge >= 0.3 is 0 Å². The third-order valence-corrected chi connectivity index (χ3v) is 13.3. The van der Waals surface area contributed by atoms with Crippen LogP contribution in [0.15, 0.2) is 66.7 Å². The Bertz CT molecular complexity index is 1550. The lowest BCUT2D eigenvalue weighted by molar-refractivity contribution is -0.0365. The molecule has 1 fully saturated rings. The fourth-order valence-electron chi connectivity index (χ4n) is 5.20. The smallest absolute Gasteiger partial charge is 0.250 e. The molecule has 1 aliphatic heterocycles. The van der Waals surface area contributed by atoms with Gasteiger partial charge in [-0.1, -0.05) is 57.2 Å². The Balaban J connectivity index is 1.26. The lowest BCUT2D eigenvalue weighted by Crippen LogP contribution is -2.43. The molecule has 0 aliphatic carbocycles. The summed E-state index contributed by atoms with van der Waals surface area (Å²) in [5.74, 6) is 1.40. The quantitative estimate of drug-likeness (QED) is 0.100. The largest absolute Gasteiger partial charge is 0.543 e. The van der Waals surface area contributed by atoms with Gasteiger partial charge in [-0.05, 0) is 87.5 Å². The molecule has 3 unspecified atom stereocenters. The fraction of sp³-hybridized carbons (Fsp3) is 0.514. The first-order valence-electron chi connectivity index (χ1n) is 16.7. The first-order chi connectivity index (χ1) is 22.0. The molecular formula is C37H51N3O5Si. The molecule has 3 atom stereocenters. The van der Waals surface area contributed by atoms with Crippen molar-refractivity contribution < 1.29 is 23.4 Å². The number of ether oxygens (including phenoxy) is 4. The van der Waals surface area contributed by atoms with Gasteiger partial charge in [0.05, 0.1) is 30.5 Å². The van der Waals surface area contributed by atoms with Gasteiger partial charge in [0.2, 0.25) is 14.2 Å². The molecule has 0 amide bonds. The summed E-state index contributed by atoms with van der Waals surface area (Å²) in [6.45, 7) is 17.8. The zero-order chi connectivity index (χ0) is 32.7. The highest BCUT2D eigenvalue weighted by molar-refractivity contribution is 6.74. The van der Waals surface area contributed by atoms with Crippen LogP contribution in [-0.2, 0) is 20.8 Å². The zero-order valence-corrected chi connectivity index (χ0v) is 29.6. The maximum absolute atomic E-state index is 6.70. The van der Waals surface area contributed by atoms with Crippen molar-refractivity contribution in [3.8, 4) is 23.0 Å². The van der Waals surface area contributed by atoms with Crippen LogP contribution in [-0.4, -0.2) is 55.1 Å². The highest BCUT2D eigenvalue weighted by Crippen LogP contribution is 2.40. The van der Waals surface area contributed by atoms with Gasteiger partial charge in [-0.3, -0.25) is 0 Å². The molecule has 3 heterocycles. The van der Waals surface area contributed by atoms with E-state index < -0.39 is 8.32 Å². The van der Waals surface area contributed by atoms with E-state index in [0.29, 0.717) is 25.7 Å². The fourth-order valence-corrected chi connectivity index (χ4v) is 6.23. The van der Waals surface area contributed by atoms with Gasteiger partial charge in [0, 0.05) is 24.7 Å². The number of hydrogen-bond acceptors (Lipinski definition) is 7. The summed E-state index contributed by atoms with van der Waals surface area (Å²) < 4.78 is 33.0. The van der Waals surface area contributed by atoms with Crippen LogP contribution >= 0.6 is 0 Å². The standard InChI is InChI=1S/C37H51N3O5Si/c1-27(43-26-29-14-9-8-10-15-29)21-23-41-25-28(2)44-34-17-13-16-32(38-34)36-31-24-30(45-46(6,7)37(3,4)5)19-20-33(31)40(39-36)35-18-11-12-22-42-35/h8-10,13-17,19-20,24,27-28,35H,11-12,18,21-23,25-26H2,1-7H3. The van der Waals surface area contributed by atoms with Gasteiger partial charge in [0.25, 0.3) is 0 Å². The molecule has 1 aliphatic rings. The van der Waals surface area contributed by atoms with Crippen molar-refractivity contribution in [2.75, 3.05) is 19.8 Å². The van der Waals surface area contributed by atoms with Crippen LogP contribution in [0.1, 0.15) is 72.1 Å². The molecule has 2 aromatic heterocycles. The normalized spacial score (nSPS) is 17.2. The molecule has 8 nitrogen and oxygen atoms in total. The first-order valence-corrected chi connectivity index (χ1v) is 19.6. The highest BCUT2D eigenvalue weighted by atomic mass is 28.4. The Morgan fingerprint density at radius 2 is 1.78 bits per heavy atom. The molecule has 0 N–H and O–H groups in total. The van der Waals surface area contributed by atoms with Gasteiger partial charge in [0.15, 0.2) is 6.23 Å². The lowest BCUT2D eigenvalue weighted by atomic mass is 10.1. The number of pyridine rings is 1. The average molecular weight is 646 g/mol. The summed E-state index contributed by atoms with van der Waals surface area (Å²) in [6, 6.07) is 22.4. The summed E-state index contributed by atoms with van der Waals surface area (Å²) in [5.41, 5.74) is 3.73. The molecular weight excluding hydrogens is 595 g/mol. The Morgan fingerprint density at radius 3 is 2.52 bits per heavy atom. The lowest BCUT2D eigenvalue weighted by Gasteiger charge is -2.36. The third kappa shape index (κ3) is 8.76. The molecule has 248 valence electrons. The van der Waals surface area contributed by atoms with Crippen LogP contribution in [0.3, 0.4) is 0 Å². The van der Waals surface area contributed by atoms with Crippen LogP contribution in [0.5, 0.6) is 11.6 Å². The number of aromatic nitrogens is 3. The molecule has 5 rings (SSSR count). The van der Waals surface area contributed by atoms with Gasteiger partial charge in [-0.25, -0.2) is 9.67 Å². The van der Waals surface area contributed by atoms with Gasteiger partial charge in [0.1, 0.15) is 17.5 Å². The molecule has 4 aromatic rings. The van der Waals surface area contributed by atoms with Gasteiger partial charge < -0.3 is 23.4 Å². The maximum atomic E-state index is 6.70. The van der Waals surface area contributed by atoms with Crippen molar-refractivity contribution in [2.24, 2.45) is 0 Å². The molecule has 0 bridgehead atoms. The first kappa shape index (κ1) is 34.1. The van der Waals surface area contributed by atoms with Crippen molar-refractivity contribution in [3.63, 3.8) is 0 Å². The van der Waals surface area contributed by atoms with Crippen LogP contribution in [0.25, 0.3) is 22.3 Å². The van der Waals surface area contributed by atoms with E-state index in [1.54, 1.807) is 0 Å². The van der Waals surface area contributed by atoms with E-state index in [4.69, 9.17) is 33.5 Å². The van der Waals surface area contributed by atoms with E-state index in [0.717, 1.165) is 60.3 Å². The Kier molecular flexibility index (Phi) is 11.2.